The monoisotopic (exact) mass is 395 g/mol. The van der Waals surface area contributed by atoms with E-state index in [0.717, 1.165) is 9.87 Å². The second kappa shape index (κ2) is 8.53. The number of amides is 1. The predicted octanol–water partition coefficient (Wildman–Crippen LogP) is 2.63. The summed E-state index contributed by atoms with van der Waals surface area (Å²) in [5.74, 6) is -0.265. The van der Waals surface area contributed by atoms with Gasteiger partial charge in [0.05, 0.1) is 22.2 Å². The second-order valence-electron chi connectivity index (χ2n) is 6.01. The van der Waals surface area contributed by atoms with Gasteiger partial charge in [0.25, 0.3) is 0 Å². The lowest BCUT2D eigenvalue weighted by Crippen LogP contribution is -2.30. The van der Waals surface area contributed by atoms with E-state index < -0.39 is 10.0 Å². The molecular weight excluding hydrogens is 374 g/mol. The largest absolute Gasteiger partial charge is 0.375 e. The maximum atomic E-state index is 12.4. The van der Waals surface area contributed by atoms with Gasteiger partial charge < -0.3 is 10.6 Å². The molecule has 8 heteroatoms. The fourth-order valence-electron chi connectivity index (χ4n) is 2.29. The number of hydrogen-bond acceptors (Lipinski definition) is 4. The quantitative estimate of drug-likeness (QED) is 0.755. The van der Waals surface area contributed by atoms with E-state index >= 15 is 0 Å². The minimum Gasteiger partial charge on any atom is -0.375 e. The number of nitrogens with one attached hydrogen (secondary N) is 2. The predicted molar refractivity (Wildman–Crippen MR) is 104 cm³/mol. The van der Waals surface area contributed by atoms with Gasteiger partial charge in [-0.05, 0) is 36.2 Å². The first-order chi connectivity index (χ1) is 12.2. The number of aryl methyl sites for hydroxylation is 1. The van der Waals surface area contributed by atoms with Gasteiger partial charge in [-0.15, -0.1) is 0 Å². The maximum Gasteiger partial charge on any atom is 0.242 e. The Labute approximate surface area is 159 Å². The van der Waals surface area contributed by atoms with Gasteiger partial charge in [0, 0.05) is 20.6 Å². The van der Waals surface area contributed by atoms with E-state index in [1.165, 1.54) is 20.2 Å². The highest BCUT2D eigenvalue weighted by atomic mass is 35.5. The summed E-state index contributed by atoms with van der Waals surface area (Å²) in [5.41, 5.74) is 2.23. The van der Waals surface area contributed by atoms with Crippen LogP contribution in [0.1, 0.15) is 11.1 Å². The zero-order valence-electron chi connectivity index (χ0n) is 14.9. The molecule has 2 aromatic carbocycles. The summed E-state index contributed by atoms with van der Waals surface area (Å²) in [6, 6.07) is 12.1. The maximum absolute atomic E-state index is 12.4. The molecule has 0 bridgehead atoms. The van der Waals surface area contributed by atoms with Gasteiger partial charge in [-0.1, -0.05) is 35.9 Å². The molecule has 1 amide bonds. The Morgan fingerprint density at radius 3 is 2.50 bits per heavy atom. The lowest BCUT2D eigenvalue weighted by molar-refractivity contribution is -0.119. The summed E-state index contributed by atoms with van der Waals surface area (Å²) in [6.07, 6.45) is 0. The Kier molecular flexibility index (Phi) is 6.63. The molecule has 0 aromatic heterocycles. The molecule has 2 rings (SSSR count). The van der Waals surface area contributed by atoms with Crippen LogP contribution in [0, 0.1) is 6.92 Å². The number of rotatable bonds is 7. The van der Waals surface area contributed by atoms with Crippen LogP contribution in [0.5, 0.6) is 0 Å². The number of halogens is 1. The molecule has 0 fully saturated rings. The Morgan fingerprint density at radius 1 is 1.15 bits per heavy atom. The number of anilines is 1. The topological polar surface area (TPSA) is 78.5 Å². The average molecular weight is 396 g/mol. The van der Waals surface area contributed by atoms with E-state index in [1.807, 2.05) is 25.1 Å². The van der Waals surface area contributed by atoms with E-state index in [2.05, 4.69) is 10.6 Å². The number of carbonyl (C=O) groups excluding carboxylic acids is 1. The van der Waals surface area contributed by atoms with Crippen LogP contribution in [0.2, 0.25) is 5.02 Å². The first kappa shape index (κ1) is 20.2. The van der Waals surface area contributed by atoms with Gasteiger partial charge in [0.1, 0.15) is 0 Å². The fraction of sp³-hybridized carbons (Fsp3) is 0.278. The Bertz CT molecular complexity index is 898. The van der Waals surface area contributed by atoms with Crippen molar-refractivity contribution in [2.24, 2.45) is 0 Å². The van der Waals surface area contributed by atoms with Crippen LogP contribution in [-0.2, 0) is 21.4 Å². The molecule has 140 valence electrons. The molecule has 0 aliphatic rings. The minimum absolute atomic E-state index is 0.0331. The number of nitrogens with zero attached hydrogens (tertiary/aromatic N) is 1. The second-order valence-corrected chi connectivity index (χ2v) is 8.54. The van der Waals surface area contributed by atoms with Crippen LogP contribution in [-0.4, -0.2) is 39.3 Å². The van der Waals surface area contributed by atoms with Crippen molar-refractivity contribution >= 4 is 33.2 Å². The summed E-state index contributed by atoms with van der Waals surface area (Å²) < 4.78 is 25.9. The van der Waals surface area contributed by atoms with Crippen LogP contribution in [0.3, 0.4) is 0 Å². The van der Waals surface area contributed by atoms with Crippen molar-refractivity contribution < 1.29 is 13.2 Å². The zero-order valence-corrected chi connectivity index (χ0v) is 16.5. The number of benzene rings is 2. The van der Waals surface area contributed by atoms with Crippen molar-refractivity contribution in [3.05, 3.63) is 58.6 Å². The summed E-state index contributed by atoms with van der Waals surface area (Å²) in [5, 5.41) is 6.23. The summed E-state index contributed by atoms with van der Waals surface area (Å²) in [7, 11) is -0.627. The highest BCUT2D eigenvalue weighted by Gasteiger charge is 2.20. The third kappa shape index (κ3) is 4.97. The Hall–Kier alpha value is -2.09. The van der Waals surface area contributed by atoms with Crippen LogP contribution in [0.25, 0.3) is 0 Å². The van der Waals surface area contributed by atoms with E-state index in [1.54, 1.807) is 18.2 Å². The molecule has 0 spiro atoms. The van der Waals surface area contributed by atoms with Crippen LogP contribution >= 0.6 is 11.6 Å². The van der Waals surface area contributed by atoms with Gasteiger partial charge in [0.2, 0.25) is 15.9 Å². The lowest BCUT2D eigenvalue weighted by atomic mass is 10.2. The molecule has 0 unspecified atom stereocenters. The van der Waals surface area contributed by atoms with E-state index in [0.29, 0.717) is 16.3 Å². The first-order valence-corrected chi connectivity index (χ1v) is 9.81. The highest BCUT2D eigenvalue weighted by Crippen LogP contribution is 2.22. The van der Waals surface area contributed by atoms with Crippen LogP contribution in [0.4, 0.5) is 5.69 Å². The van der Waals surface area contributed by atoms with Gasteiger partial charge in [-0.3, -0.25) is 4.79 Å². The molecule has 0 atom stereocenters. The van der Waals surface area contributed by atoms with E-state index in [9.17, 15) is 13.2 Å². The molecule has 0 saturated carbocycles. The molecule has 2 N–H and O–H groups in total. The Balaban J connectivity index is 2.00. The minimum atomic E-state index is -3.57. The number of carbonyl (C=O) groups is 1. The molecule has 26 heavy (non-hydrogen) atoms. The van der Waals surface area contributed by atoms with Gasteiger partial charge in [-0.2, -0.15) is 0 Å². The van der Waals surface area contributed by atoms with Gasteiger partial charge in [0.15, 0.2) is 0 Å². The van der Waals surface area contributed by atoms with Crippen molar-refractivity contribution in [1.82, 2.24) is 9.62 Å². The third-order valence-electron chi connectivity index (χ3n) is 3.77. The number of hydrogen-bond donors (Lipinski definition) is 2. The van der Waals surface area contributed by atoms with Crippen molar-refractivity contribution in [3.8, 4) is 0 Å². The van der Waals surface area contributed by atoms with Crippen LogP contribution < -0.4 is 10.6 Å². The first-order valence-electron chi connectivity index (χ1n) is 7.99. The zero-order chi connectivity index (χ0) is 19.3. The SMILES string of the molecule is Cc1ccc(NCC(=O)NCc2ccccc2S(=O)(=O)N(C)C)c(Cl)c1. The van der Waals surface area contributed by atoms with Crippen molar-refractivity contribution in [1.29, 1.82) is 0 Å². The van der Waals surface area contributed by atoms with Crippen LogP contribution in [0.15, 0.2) is 47.4 Å². The Morgan fingerprint density at radius 2 is 1.85 bits per heavy atom. The smallest absolute Gasteiger partial charge is 0.242 e. The summed E-state index contributed by atoms with van der Waals surface area (Å²) >= 11 is 6.12. The molecule has 6 nitrogen and oxygen atoms in total. The number of sulfonamides is 1. The molecule has 0 saturated heterocycles. The molecular formula is C18H22ClN3O3S. The molecule has 0 radical (unpaired) electrons. The summed E-state index contributed by atoms with van der Waals surface area (Å²) in [4.78, 5) is 12.3. The lowest BCUT2D eigenvalue weighted by Gasteiger charge is -2.15. The summed E-state index contributed by atoms with van der Waals surface area (Å²) in [6.45, 7) is 2.08. The average Bonchev–Trinajstić information content (AvgIpc) is 2.59. The van der Waals surface area contributed by atoms with Crippen molar-refractivity contribution in [3.63, 3.8) is 0 Å². The molecule has 2 aromatic rings. The van der Waals surface area contributed by atoms with E-state index in [-0.39, 0.29) is 23.9 Å². The molecule has 0 aliphatic carbocycles. The third-order valence-corrected chi connectivity index (χ3v) is 6.00. The van der Waals surface area contributed by atoms with Gasteiger partial charge in [-0.25, -0.2) is 12.7 Å². The fourth-order valence-corrected chi connectivity index (χ4v) is 3.71. The standard InChI is InChI=1S/C18H22ClN3O3S/c1-13-8-9-16(15(19)10-13)20-12-18(23)21-11-14-6-4-5-7-17(14)26(24,25)22(2)3/h4-10,20H,11-12H2,1-3H3,(H,21,23). The normalized spacial score (nSPS) is 11.4. The van der Waals surface area contributed by atoms with Gasteiger partial charge >= 0.3 is 0 Å². The van der Waals surface area contributed by atoms with E-state index in [4.69, 9.17) is 11.6 Å². The highest BCUT2D eigenvalue weighted by molar-refractivity contribution is 7.89. The molecule has 0 heterocycles. The van der Waals surface area contributed by atoms with Crippen molar-refractivity contribution in [2.45, 2.75) is 18.4 Å². The van der Waals surface area contributed by atoms with Crippen molar-refractivity contribution in [2.75, 3.05) is 26.0 Å². The molecule has 0 aliphatic heterocycles.